The van der Waals surface area contributed by atoms with E-state index in [0.29, 0.717) is 0 Å². The first-order valence-electron chi connectivity index (χ1n) is 3.77. The predicted molar refractivity (Wildman–Crippen MR) is 47.9 cm³/mol. The van der Waals surface area contributed by atoms with Crippen LogP contribution in [-0.2, 0) is 0 Å². The number of nitro benzene ring substituents is 1. The number of nitrogens with zero attached hydrogens (tertiary/aromatic N) is 3. The van der Waals surface area contributed by atoms with Gasteiger partial charge in [0.25, 0.3) is 5.69 Å². The van der Waals surface area contributed by atoms with E-state index < -0.39 is 4.92 Å². The van der Waals surface area contributed by atoms with Gasteiger partial charge in [0.1, 0.15) is 11.3 Å². The number of phenolic OH excluding ortho intramolecular Hbond substituents is 1. The van der Waals surface area contributed by atoms with E-state index in [1.807, 2.05) is 0 Å². The molecule has 1 aromatic carbocycles. The first kappa shape index (κ1) is 8.36. The molecule has 0 saturated carbocycles. The number of rotatable bonds is 1. The topological polar surface area (TPSA) is 89.2 Å². The van der Waals surface area contributed by atoms with Crippen LogP contribution in [0.1, 0.15) is 0 Å². The summed E-state index contributed by atoms with van der Waals surface area (Å²) in [6, 6.07) is 2.43. The highest BCUT2D eigenvalue weighted by Gasteiger charge is 2.15. The van der Waals surface area contributed by atoms with Gasteiger partial charge in [-0.15, -0.1) is 0 Å². The number of fused-ring (bicyclic) bond motifs is 1. The van der Waals surface area contributed by atoms with E-state index in [0.717, 1.165) is 0 Å². The smallest absolute Gasteiger partial charge is 0.297 e. The lowest BCUT2D eigenvalue weighted by molar-refractivity contribution is -0.383. The van der Waals surface area contributed by atoms with E-state index in [1.54, 1.807) is 0 Å². The van der Waals surface area contributed by atoms with Crippen LogP contribution in [0.4, 0.5) is 5.69 Å². The summed E-state index contributed by atoms with van der Waals surface area (Å²) in [7, 11) is 0. The van der Waals surface area contributed by atoms with E-state index in [4.69, 9.17) is 0 Å². The molecule has 14 heavy (non-hydrogen) atoms. The van der Waals surface area contributed by atoms with Crippen LogP contribution in [0.3, 0.4) is 0 Å². The predicted octanol–water partition coefficient (Wildman–Crippen LogP) is 1.24. The third-order valence-electron chi connectivity index (χ3n) is 1.78. The maximum Gasteiger partial charge on any atom is 0.297 e. The number of aromatic nitrogens is 2. The summed E-state index contributed by atoms with van der Waals surface area (Å²) in [5, 5.41) is 19.9. The Morgan fingerprint density at radius 3 is 2.50 bits per heavy atom. The molecule has 0 spiro atoms. The van der Waals surface area contributed by atoms with Crippen LogP contribution in [0.15, 0.2) is 24.5 Å². The Balaban J connectivity index is 2.88. The molecule has 0 radical (unpaired) electrons. The fraction of sp³-hybridized carbons (Fsp3) is 0. The van der Waals surface area contributed by atoms with Crippen molar-refractivity contribution < 1.29 is 10.0 Å². The quantitative estimate of drug-likeness (QED) is 0.541. The molecule has 0 aliphatic rings. The fourth-order valence-corrected chi connectivity index (χ4v) is 1.18. The van der Waals surface area contributed by atoms with Crippen LogP contribution >= 0.6 is 0 Å². The van der Waals surface area contributed by atoms with Gasteiger partial charge in [-0.25, -0.2) is 9.97 Å². The van der Waals surface area contributed by atoms with Crippen LogP contribution < -0.4 is 0 Å². The van der Waals surface area contributed by atoms with Gasteiger partial charge in [0.2, 0.25) is 0 Å². The molecular formula is C8H5N3O3. The molecular weight excluding hydrogens is 186 g/mol. The number of benzene rings is 1. The summed E-state index contributed by atoms with van der Waals surface area (Å²) < 4.78 is 0. The molecule has 1 heterocycles. The molecule has 6 nitrogen and oxygen atoms in total. The minimum absolute atomic E-state index is 0.0949. The monoisotopic (exact) mass is 191 g/mol. The van der Waals surface area contributed by atoms with Crippen molar-refractivity contribution >= 4 is 16.7 Å². The Labute approximate surface area is 78.0 Å². The number of nitro groups is 1. The van der Waals surface area contributed by atoms with Crippen LogP contribution in [0, 0.1) is 10.1 Å². The van der Waals surface area contributed by atoms with Gasteiger partial charge < -0.3 is 5.11 Å². The van der Waals surface area contributed by atoms with E-state index in [1.165, 1.54) is 24.5 Å². The molecule has 0 unspecified atom stereocenters. The van der Waals surface area contributed by atoms with Crippen molar-refractivity contribution in [2.75, 3.05) is 0 Å². The molecule has 0 aliphatic heterocycles. The largest absolute Gasteiger partial charge is 0.506 e. The summed E-state index contributed by atoms with van der Waals surface area (Å²) in [6.07, 6.45) is 2.71. The maximum absolute atomic E-state index is 10.6. The first-order valence-corrected chi connectivity index (χ1v) is 3.77. The molecule has 2 rings (SSSR count). The second-order valence-corrected chi connectivity index (χ2v) is 2.61. The first-order chi connectivity index (χ1) is 6.70. The van der Waals surface area contributed by atoms with Gasteiger partial charge in [-0.3, -0.25) is 10.1 Å². The average molecular weight is 191 g/mol. The second kappa shape index (κ2) is 2.91. The number of hydrogen-bond donors (Lipinski definition) is 1. The molecule has 2 aromatic rings. The van der Waals surface area contributed by atoms with E-state index in [-0.39, 0.29) is 22.5 Å². The molecule has 0 amide bonds. The van der Waals surface area contributed by atoms with Crippen LogP contribution in [0.5, 0.6) is 5.75 Å². The van der Waals surface area contributed by atoms with Crippen molar-refractivity contribution in [3.63, 3.8) is 0 Å². The normalized spacial score (nSPS) is 10.3. The van der Waals surface area contributed by atoms with Crippen molar-refractivity contribution in [2.24, 2.45) is 0 Å². The highest BCUT2D eigenvalue weighted by molar-refractivity contribution is 5.88. The van der Waals surface area contributed by atoms with E-state index in [2.05, 4.69) is 9.97 Å². The summed E-state index contributed by atoms with van der Waals surface area (Å²) in [5.74, 6) is -0.112. The molecule has 0 aliphatic carbocycles. The second-order valence-electron chi connectivity index (χ2n) is 2.61. The van der Waals surface area contributed by atoms with Gasteiger partial charge in [0, 0.05) is 18.5 Å². The number of non-ortho nitro benzene ring substituents is 1. The Hall–Kier alpha value is -2.24. The van der Waals surface area contributed by atoms with Gasteiger partial charge >= 0.3 is 0 Å². The van der Waals surface area contributed by atoms with Gasteiger partial charge in [-0.2, -0.15) is 0 Å². The standard InChI is InChI=1S/C8H5N3O3/c12-6-2-1-5(11(13)14)7-8(6)10-4-3-9-7/h1-4,12H. The molecule has 6 heteroatoms. The van der Waals surface area contributed by atoms with Crippen molar-refractivity contribution in [3.05, 3.63) is 34.6 Å². The van der Waals surface area contributed by atoms with E-state index in [9.17, 15) is 15.2 Å². The number of phenols is 1. The van der Waals surface area contributed by atoms with Crippen LogP contribution in [0.25, 0.3) is 11.0 Å². The molecule has 0 fully saturated rings. The van der Waals surface area contributed by atoms with Gasteiger partial charge in [0.05, 0.1) is 4.92 Å². The lowest BCUT2D eigenvalue weighted by Crippen LogP contribution is -1.92. The third-order valence-corrected chi connectivity index (χ3v) is 1.78. The molecule has 70 valence electrons. The zero-order valence-corrected chi connectivity index (χ0v) is 6.91. The molecule has 1 aromatic heterocycles. The Morgan fingerprint density at radius 1 is 1.21 bits per heavy atom. The van der Waals surface area contributed by atoms with Crippen LogP contribution in [0.2, 0.25) is 0 Å². The van der Waals surface area contributed by atoms with Crippen molar-refractivity contribution in [1.29, 1.82) is 0 Å². The molecule has 1 N–H and O–H groups in total. The lowest BCUT2D eigenvalue weighted by atomic mass is 10.2. The summed E-state index contributed by atoms with van der Waals surface area (Å²) >= 11 is 0. The fourth-order valence-electron chi connectivity index (χ4n) is 1.18. The summed E-state index contributed by atoms with van der Waals surface area (Å²) in [6.45, 7) is 0. The minimum Gasteiger partial charge on any atom is -0.506 e. The lowest BCUT2D eigenvalue weighted by Gasteiger charge is -1.98. The molecule has 0 saturated heterocycles. The Bertz CT molecular complexity index is 512. The summed E-state index contributed by atoms with van der Waals surface area (Å²) in [4.78, 5) is 17.6. The van der Waals surface area contributed by atoms with Crippen molar-refractivity contribution in [2.45, 2.75) is 0 Å². The zero-order chi connectivity index (χ0) is 10.1. The van der Waals surface area contributed by atoms with Crippen LogP contribution in [-0.4, -0.2) is 20.0 Å². The van der Waals surface area contributed by atoms with Gasteiger partial charge in [-0.05, 0) is 6.07 Å². The minimum atomic E-state index is -0.559. The van der Waals surface area contributed by atoms with Crippen molar-refractivity contribution in [3.8, 4) is 5.75 Å². The van der Waals surface area contributed by atoms with Gasteiger partial charge in [0.15, 0.2) is 5.52 Å². The Morgan fingerprint density at radius 2 is 1.86 bits per heavy atom. The third kappa shape index (κ3) is 1.13. The number of hydrogen-bond acceptors (Lipinski definition) is 5. The molecule has 0 bridgehead atoms. The molecule has 0 atom stereocenters. The highest BCUT2D eigenvalue weighted by Crippen LogP contribution is 2.28. The highest BCUT2D eigenvalue weighted by atomic mass is 16.6. The number of aromatic hydroxyl groups is 1. The zero-order valence-electron chi connectivity index (χ0n) is 6.91. The van der Waals surface area contributed by atoms with Crippen molar-refractivity contribution in [1.82, 2.24) is 9.97 Å². The van der Waals surface area contributed by atoms with E-state index >= 15 is 0 Å². The average Bonchev–Trinajstić information content (AvgIpc) is 2.18. The maximum atomic E-state index is 10.6. The van der Waals surface area contributed by atoms with Gasteiger partial charge in [-0.1, -0.05) is 0 Å². The summed E-state index contributed by atoms with van der Waals surface area (Å²) in [5.41, 5.74) is 0.0742. The SMILES string of the molecule is O=[N+]([O-])c1ccc(O)c2nccnc12. The Kier molecular flexibility index (Phi) is 1.74.